The van der Waals surface area contributed by atoms with E-state index in [1.807, 2.05) is 0 Å². The topological polar surface area (TPSA) is 99.2 Å². The van der Waals surface area contributed by atoms with Crippen molar-refractivity contribution in [2.75, 3.05) is 0 Å². The minimum atomic E-state index is -1.42. The van der Waals surface area contributed by atoms with Gasteiger partial charge >= 0.3 is 0 Å². The van der Waals surface area contributed by atoms with Crippen LogP contribution in [0.2, 0.25) is 0 Å². The molecule has 0 saturated carbocycles. The fraction of sp³-hybridized carbons (Fsp3) is 1.00. The molecule has 5 nitrogen and oxygen atoms in total. The second-order valence-electron chi connectivity index (χ2n) is 2.37. The number of rotatable bonds is 3. The van der Waals surface area contributed by atoms with Crippen molar-refractivity contribution in [2.24, 2.45) is 5.73 Å². The monoisotopic (exact) mass is 149 g/mol. The minimum absolute atomic E-state index is 0.0295. The lowest BCUT2D eigenvalue weighted by Gasteiger charge is -2.08. The van der Waals surface area contributed by atoms with Gasteiger partial charge in [0.2, 0.25) is 0 Å². The third kappa shape index (κ3) is 1.89. The molecule has 1 fully saturated rings. The van der Waals surface area contributed by atoms with Crippen LogP contribution in [0.25, 0.3) is 0 Å². The Morgan fingerprint density at radius 1 is 1.50 bits per heavy atom. The Morgan fingerprint density at radius 2 is 2.00 bits per heavy atom. The molecule has 0 aromatic carbocycles. The molecule has 1 aliphatic heterocycles. The summed E-state index contributed by atoms with van der Waals surface area (Å²) in [5.74, 6) is 0. The SMILES string of the molecule is NC(CC(O)O)C1OC1O. The first kappa shape index (κ1) is 7.90. The minimum Gasteiger partial charge on any atom is -0.368 e. The van der Waals surface area contributed by atoms with Crippen LogP contribution in [-0.2, 0) is 4.74 Å². The second-order valence-corrected chi connectivity index (χ2v) is 2.37. The van der Waals surface area contributed by atoms with Gasteiger partial charge in [-0.3, -0.25) is 0 Å². The van der Waals surface area contributed by atoms with Crippen LogP contribution in [0.5, 0.6) is 0 Å². The summed E-state index contributed by atoms with van der Waals surface area (Å²) >= 11 is 0. The molecule has 1 rings (SSSR count). The molecule has 0 aliphatic carbocycles. The highest BCUT2D eigenvalue weighted by molar-refractivity contribution is 4.86. The maximum atomic E-state index is 8.64. The predicted molar refractivity (Wildman–Crippen MR) is 31.7 cm³/mol. The summed E-state index contributed by atoms with van der Waals surface area (Å²) in [5.41, 5.74) is 5.37. The van der Waals surface area contributed by atoms with E-state index in [-0.39, 0.29) is 6.42 Å². The van der Waals surface area contributed by atoms with Gasteiger partial charge in [0.1, 0.15) is 6.10 Å². The lowest BCUT2D eigenvalue weighted by molar-refractivity contribution is -0.0506. The Kier molecular flexibility index (Phi) is 2.22. The molecule has 3 unspecified atom stereocenters. The molecule has 0 bridgehead atoms. The van der Waals surface area contributed by atoms with Gasteiger partial charge < -0.3 is 25.8 Å². The van der Waals surface area contributed by atoms with Crippen molar-refractivity contribution in [3.8, 4) is 0 Å². The highest BCUT2D eigenvalue weighted by Crippen LogP contribution is 2.23. The molecule has 0 aromatic rings. The number of hydrogen-bond donors (Lipinski definition) is 4. The number of hydrogen-bond acceptors (Lipinski definition) is 5. The van der Waals surface area contributed by atoms with Crippen molar-refractivity contribution in [1.29, 1.82) is 0 Å². The van der Waals surface area contributed by atoms with Crippen LogP contribution in [-0.4, -0.2) is 40.0 Å². The summed E-state index contributed by atoms with van der Waals surface area (Å²) in [5, 5.41) is 25.5. The molecule has 5 heteroatoms. The molecule has 3 atom stereocenters. The summed E-state index contributed by atoms with van der Waals surface area (Å²) in [4.78, 5) is 0. The first-order valence-corrected chi connectivity index (χ1v) is 3.06. The van der Waals surface area contributed by atoms with Gasteiger partial charge in [-0.2, -0.15) is 0 Å². The van der Waals surface area contributed by atoms with Crippen molar-refractivity contribution >= 4 is 0 Å². The van der Waals surface area contributed by atoms with Crippen LogP contribution in [0.1, 0.15) is 6.42 Å². The van der Waals surface area contributed by atoms with Crippen molar-refractivity contribution in [3.05, 3.63) is 0 Å². The van der Waals surface area contributed by atoms with Crippen LogP contribution in [0.4, 0.5) is 0 Å². The number of epoxide rings is 1. The summed E-state index contributed by atoms with van der Waals surface area (Å²) < 4.78 is 4.59. The average molecular weight is 149 g/mol. The van der Waals surface area contributed by atoms with Crippen molar-refractivity contribution in [3.63, 3.8) is 0 Å². The fourth-order valence-electron chi connectivity index (χ4n) is 0.806. The molecule has 0 radical (unpaired) electrons. The molecule has 1 heterocycles. The van der Waals surface area contributed by atoms with Crippen molar-refractivity contribution in [2.45, 2.75) is 31.1 Å². The molecular weight excluding hydrogens is 138 g/mol. The molecule has 0 spiro atoms. The molecule has 10 heavy (non-hydrogen) atoms. The van der Waals surface area contributed by atoms with Gasteiger partial charge in [-0.25, -0.2) is 0 Å². The molecule has 1 aliphatic rings. The quantitative estimate of drug-likeness (QED) is 0.268. The van der Waals surface area contributed by atoms with E-state index in [1.54, 1.807) is 0 Å². The zero-order valence-corrected chi connectivity index (χ0v) is 5.34. The van der Waals surface area contributed by atoms with E-state index in [9.17, 15) is 0 Å². The summed E-state index contributed by atoms with van der Waals surface area (Å²) in [6.07, 6.45) is -2.62. The van der Waals surface area contributed by atoms with E-state index in [4.69, 9.17) is 21.1 Å². The van der Waals surface area contributed by atoms with E-state index < -0.39 is 24.7 Å². The Hall–Kier alpha value is -0.200. The highest BCUT2D eigenvalue weighted by atomic mass is 16.7. The summed E-state index contributed by atoms with van der Waals surface area (Å²) in [6, 6.07) is -0.491. The van der Waals surface area contributed by atoms with Crippen LogP contribution in [0.15, 0.2) is 0 Å². The maximum absolute atomic E-state index is 8.64. The molecule has 0 aromatic heterocycles. The maximum Gasteiger partial charge on any atom is 0.183 e. The lowest BCUT2D eigenvalue weighted by Crippen LogP contribution is -2.32. The number of aliphatic hydroxyl groups excluding tert-OH is 2. The number of aliphatic hydroxyl groups is 3. The standard InChI is InChI=1S/C5H11NO4/c6-2(1-3(7)8)4-5(9)10-4/h2-5,7-9H,1,6H2. The largest absolute Gasteiger partial charge is 0.368 e. The summed E-state index contributed by atoms with van der Waals surface area (Å²) in [6.45, 7) is 0. The molecule has 0 amide bonds. The third-order valence-corrected chi connectivity index (χ3v) is 1.41. The van der Waals surface area contributed by atoms with E-state index in [0.29, 0.717) is 0 Å². The van der Waals surface area contributed by atoms with Gasteiger partial charge in [0.05, 0.1) is 0 Å². The van der Waals surface area contributed by atoms with E-state index in [1.165, 1.54) is 0 Å². The highest BCUT2D eigenvalue weighted by Gasteiger charge is 2.42. The number of nitrogens with two attached hydrogens (primary N) is 1. The Bertz CT molecular complexity index is 118. The zero-order valence-electron chi connectivity index (χ0n) is 5.34. The fourth-order valence-corrected chi connectivity index (χ4v) is 0.806. The van der Waals surface area contributed by atoms with Gasteiger partial charge in [-0.15, -0.1) is 0 Å². The second kappa shape index (κ2) is 2.81. The van der Waals surface area contributed by atoms with E-state index in [2.05, 4.69) is 4.74 Å². The van der Waals surface area contributed by atoms with Crippen molar-refractivity contribution in [1.82, 2.24) is 0 Å². The molecule has 60 valence electrons. The van der Waals surface area contributed by atoms with Gasteiger partial charge in [-0.05, 0) is 0 Å². The molecule has 5 N–H and O–H groups in total. The number of ether oxygens (including phenoxy) is 1. The van der Waals surface area contributed by atoms with Crippen LogP contribution in [0.3, 0.4) is 0 Å². The first-order valence-electron chi connectivity index (χ1n) is 3.06. The van der Waals surface area contributed by atoms with Crippen molar-refractivity contribution < 1.29 is 20.1 Å². The van der Waals surface area contributed by atoms with Crippen LogP contribution < -0.4 is 5.73 Å². The lowest BCUT2D eigenvalue weighted by atomic mass is 10.1. The molecule has 1 saturated heterocycles. The predicted octanol–water partition coefficient (Wildman–Crippen LogP) is -2.27. The Balaban J connectivity index is 2.16. The van der Waals surface area contributed by atoms with Crippen LogP contribution >= 0.6 is 0 Å². The van der Waals surface area contributed by atoms with Gasteiger partial charge in [0.25, 0.3) is 0 Å². The Labute approximate surface area is 58.0 Å². The molecular formula is C5H11NO4. The normalized spacial score (nSPS) is 34.5. The van der Waals surface area contributed by atoms with Gasteiger partial charge in [-0.1, -0.05) is 0 Å². The smallest absolute Gasteiger partial charge is 0.183 e. The third-order valence-electron chi connectivity index (χ3n) is 1.41. The first-order chi connectivity index (χ1) is 4.61. The van der Waals surface area contributed by atoms with Crippen LogP contribution in [0, 0.1) is 0 Å². The van der Waals surface area contributed by atoms with E-state index in [0.717, 1.165) is 0 Å². The summed E-state index contributed by atoms with van der Waals surface area (Å²) in [7, 11) is 0. The average Bonchev–Trinajstić information content (AvgIpc) is 2.44. The van der Waals surface area contributed by atoms with Gasteiger partial charge in [0, 0.05) is 12.5 Å². The Morgan fingerprint density at radius 3 is 2.30 bits per heavy atom. The van der Waals surface area contributed by atoms with E-state index >= 15 is 0 Å². The zero-order chi connectivity index (χ0) is 7.72. The van der Waals surface area contributed by atoms with Gasteiger partial charge in [0.15, 0.2) is 12.6 Å².